The summed E-state index contributed by atoms with van der Waals surface area (Å²) in [5, 5.41) is 8.77. The van der Waals surface area contributed by atoms with E-state index in [2.05, 4.69) is 16.8 Å². The van der Waals surface area contributed by atoms with Gasteiger partial charge in [0.2, 0.25) is 0 Å². The zero-order chi connectivity index (χ0) is 9.68. The van der Waals surface area contributed by atoms with Crippen LogP contribution in [0.5, 0.6) is 0 Å². The van der Waals surface area contributed by atoms with Crippen LogP contribution < -0.4 is 0 Å². The van der Waals surface area contributed by atoms with Crippen molar-refractivity contribution in [2.24, 2.45) is 0 Å². The monoisotopic (exact) mass is 180 g/mol. The maximum Gasteiger partial charge on any atom is 0.0572 e. The van der Waals surface area contributed by atoms with Crippen molar-refractivity contribution in [1.29, 1.82) is 0 Å². The highest BCUT2D eigenvalue weighted by Gasteiger charge is 2.10. The Morgan fingerprint density at radius 2 is 2.31 bits per heavy atom. The molecule has 0 aromatic carbocycles. The number of rotatable bonds is 4. The molecular weight excluding hydrogens is 164 g/mol. The van der Waals surface area contributed by atoms with Crippen LogP contribution in [-0.2, 0) is 0 Å². The van der Waals surface area contributed by atoms with Crippen molar-refractivity contribution in [3.63, 3.8) is 0 Å². The van der Waals surface area contributed by atoms with Gasteiger partial charge in [-0.05, 0) is 26.1 Å². The highest BCUT2D eigenvalue weighted by atomic mass is 16.3. The summed E-state index contributed by atoms with van der Waals surface area (Å²) in [7, 11) is 1.98. The Balaban J connectivity index is 2.62. The molecule has 1 aromatic rings. The normalized spacial score (nSPS) is 13.2. The van der Waals surface area contributed by atoms with Gasteiger partial charge in [-0.2, -0.15) is 0 Å². The number of aliphatic hydroxyl groups excluding tert-OH is 1. The van der Waals surface area contributed by atoms with Gasteiger partial charge in [-0.1, -0.05) is 6.07 Å². The first-order valence-electron chi connectivity index (χ1n) is 4.47. The average Bonchev–Trinajstić information content (AvgIpc) is 2.18. The number of likely N-dealkylation sites (N-methyl/N-ethyl adjacent to an activating group) is 1. The van der Waals surface area contributed by atoms with E-state index < -0.39 is 0 Å². The van der Waals surface area contributed by atoms with E-state index in [9.17, 15) is 0 Å². The first-order valence-corrected chi connectivity index (χ1v) is 4.47. The fourth-order valence-electron chi connectivity index (χ4n) is 1.20. The summed E-state index contributed by atoms with van der Waals surface area (Å²) in [5.74, 6) is 0. The lowest BCUT2D eigenvalue weighted by Crippen LogP contribution is -2.26. The number of hydrogen-bond acceptors (Lipinski definition) is 3. The lowest BCUT2D eigenvalue weighted by molar-refractivity contribution is 0.186. The summed E-state index contributed by atoms with van der Waals surface area (Å²) >= 11 is 0. The molecule has 1 unspecified atom stereocenters. The molecule has 0 amide bonds. The summed E-state index contributed by atoms with van der Waals surface area (Å²) in [6.07, 6.45) is 1.79. The van der Waals surface area contributed by atoms with Gasteiger partial charge in [0.05, 0.1) is 12.3 Å². The van der Waals surface area contributed by atoms with Crippen LogP contribution in [0.4, 0.5) is 0 Å². The minimum Gasteiger partial charge on any atom is -0.395 e. The van der Waals surface area contributed by atoms with Crippen molar-refractivity contribution in [2.75, 3.05) is 20.2 Å². The standard InChI is InChI=1S/C10H16N2O/c1-9(12(2)7-8-13)10-5-3-4-6-11-10/h3-6,9,13H,7-8H2,1-2H3. The Labute approximate surface area is 79.0 Å². The second kappa shape index (κ2) is 4.94. The summed E-state index contributed by atoms with van der Waals surface area (Å²) in [6.45, 7) is 2.95. The molecule has 3 heteroatoms. The van der Waals surface area contributed by atoms with E-state index in [1.54, 1.807) is 6.20 Å². The Hall–Kier alpha value is -0.930. The van der Waals surface area contributed by atoms with Gasteiger partial charge in [-0.3, -0.25) is 9.88 Å². The zero-order valence-corrected chi connectivity index (χ0v) is 8.14. The minimum absolute atomic E-state index is 0.188. The van der Waals surface area contributed by atoms with E-state index in [0.717, 1.165) is 5.69 Å². The van der Waals surface area contributed by atoms with Crippen molar-refractivity contribution in [3.8, 4) is 0 Å². The van der Waals surface area contributed by atoms with Crippen LogP contribution in [0.25, 0.3) is 0 Å². The summed E-state index contributed by atoms with van der Waals surface area (Å²) < 4.78 is 0. The molecule has 0 aliphatic carbocycles. The van der Waals surface area contributed by atoms with Crippen LogP contribution in [0.3, 0.4) is 0 Å². The maximum absolute atomic E-state index is 8.77. The zero-order valence-electron chi connectivity index (χ0n) is 8.14. The van der Waals surface area contributed by atoms with Gasteiger partial charge in [0.25, 0.3) is 0 Å². The molecule has 0 bridgehead atoms. The molecule has 1 heterocycles. The highest BCUT2D eigenvalue weighted by Crippen LogP contribution is 2.14. The molecule has 0 fully saturated rings. The molecule has 13 heavy (non-hydrogen) atoms. The molecule has 0 saturated heterocycles. The van der Waals surface area contributed by atoms with Crippen molar-refractivity contribution in [2.45, 2.75) is 13.0 Å². The molecular formula is C10H16N2O. The maximum atomic E-state index is 8.77. The first kappa shape index (κ1) is 10.2. The second-order valence-electron chi connectivity index (χ2n) is 3.13. The number of aromatic nitrogens is 1. The minimum atomic E-state index is 0.188. The van der Waals surface area contributed by atoms with Crippen molar-refractivity contribution >= 4 is 0 Å². The van der Waals surface area contributed by atoms with Crippen LogP contribution in [0, 0.1) is 0 Å². The third kappa shape index (κ3) is 2.79. The first-order chi connectivity index (χ1) is 6.25. The summed E-state index contributed by atoms with van der Waals surface area (Å²) in [5.41, 5.74) is 1.04. The topological polar surface area (TPSA) is 36.4 Å². The summed E-state index contributed by atoms with van der Waals surface area (Å²) in [6, 6.07) is 6.14. The van der Waals surface area contributed by atoms with Gasteiger partial charge in [-0.15, -0.1) is 0 Å². The second-order valence-corrected chi connectivity index (χ2v) is 3.13. The number of nitrogens with zero attached hydrogens (tertiary/aromatic N) is 2. The molecule has 1 aromatic heterocycles. The molecule has 1 N–H and O–H groups in total. The van der Waals surface area contributed by atoms with Gasteiger partial charge >= 0.3 is 0 Å². The van der Waals surface area contributed by atoms with Crippen LogP contribution in [-0.4, -0.2) is 35.2 Å². The molecule has 1 atom stereocenters. The number of pyridine rings is 1. The molecule has 0 saturated carbocycles. The third-order valence-electron chi connectivity index (χ3n) is 2.23. The third-order valence-corrected chi connectivity index (χ3v) is 2.23. The molecule has 72 valence electrons. The van der Waals surface area contributed by atoms with E-state index in [0.29, 0.717) is 6.54 Å². The fourth-order valence-corrected chi connectivity index (χ4v) is 1.20. The van der Waals surface area contributed by atoms with Gasteiger partial charge in [0, 0.05) is 18.8 Å². The number of aliphatic hydroxyl groups is 1. The van der Waals surface area contributed by atoms with Gasteiger partial charge < -0.3 is 5.11 Å². The van der Waals surface area contributed by atoms with E-state index in [1.807, 2.05) is 25.2 Å². The van der Waals surface area contributed by atoms with Gasteiger partial charge in [-0.25, -0.2) is 0 Å². The molecule has 0 radical (unpaired) electrons. The average molecular weight is 180 g/mol. The van der Waals surface area contributed by atoms with Crippen LogP contribution in [0.2, 0.25) is 0 Å². The van der Waals surface area contributed by atoms with Crippen molar-refractivity contribution < 1.29 is 5.11 Å². The van der Waals surface area contributed by atoms with E-state index in [1.165, 1.54) is 0 Å². The van der Waals surface area contributed by atoms with Crippen LogP contribution in [0.15, 0.2) is 24.4 Å². The van der Waals surface area contributed by atoms with E-state index in [4.69, 9.17) is 5.11 Å². The Bertz CT molecular complexity index is 238. The lowest BCUT2D eigenvalue weighted by Gasteiger charge is -2.22. The van der Waals surface area contributed by atoms with Crippen molar-refractivity contribution in [3.05, 3.63) is 30.1 Å². The van der Waals surface area contributed by atoms with E-state index >= 15 is 0 Å². The lowest BCUT2D eigenvalue weighted by atomic mass is 10.2. The van der Waals surface area contributed by atoms with Gasteiger partial charge in [0.1, 0.15) is 0 Å². The quantitative estimate of drug-likeness (QED) is 0.753. The fraction of sp³-hybridized carbons (Fsp3) is 0.500. The Morgan fingerprint density at radius 1 is 1.54 bits per heavy atom. The molecule has 0 aliphatic heterocycles. The predicted molar refractivity (Wildman–Crippen MR) is 52.4 cm³/mol. The highest BCUT2D eigenvalue weighted by molar-refractivity contribution is 5.07. The molecule has 0 spiro atoms. The van der Waals surface area contributed by atoms with Crippen LogP contribution in [0.1, 0.15) is 18.7 Å². The predicted octanol–water partition coefficient (Wildman–Crippen LogP) is 1.07. The molecule has 3 nitrogen and oxygen atoms in total. The van der Waals surface area contributed by atoms with Crippen LogP contribution >= 0.6 is 0 Å². The largest absolute Gasteiger partial charge is 0.395 e. The molecule has 0 aliphatic rings. The van der Waals surface area contributed by atoms with Crippen molar-refractivity contribution in [1.82, 2.24) is 9.88 Å². The summed E-state index contributed by atoms with van der Waals surface area (Å²) in [4.78, 5) is 6.33. The van der Waals surface area contributed by atoms with Gasteiger partial charge in [0.15, 0.2) is 0 Å². The SMILES string of the molecule is CC(c1ccccn1)N(C)CCO. The smallest absolute Gasteiger partial charge is 0.0572 e. The Morgan fingerprint density at radius 3 is 2.85 bits per heavy atom. The Kier molecular flexibility index (Phi) is 3.86. The number of hydrogen-bond donors (Lipinski definition) is 1. The molecule has 1 rings (SSSR count). The van der Waals surface area contributed by atoms with E-state index in [-0.39, 0.29) is 12.6 Å².